The van der Waals surface area contributed by atoms with Gasteiger partial charge in [-0.2, -0.15) is 0 Å². The van der Waals surface area contributed by atoms with Crippen LogP contribution in [0.3, 0.4) is 0 Å². The van der Waals surface area contributed by atoms with Crippen molar-refractivity contribution in [3.8, 4) is 11.3 Å². The van der Waals surface area contributed by atoms with E-state index in [1.165, 1.54) is 5.56 Å². The second kappa shape index (κ2) is 4.58. The lowest BCUT2D eigenvalue weighted by atomic mass is 9.86. The summed E-state index contributed by atoms with van der Waals surface area (Å²) < 4.78 is 4.85. The number of carbonyl (C=O) groups excluding carboxylic acids is 1. The molecule has 0 bridgehead atoms. The highest BCUT2D eigenvalue weighted by Gasteiger charge is 2.15. The molecule has 1 aromatic heterocycles. The lowest BCUT2D eigenvalue weighted by Gasteiger charge is -2.18. The Labute approximate surface area is 111 Å². The van der Waals surface area contributed by atoms with E-state index in [-0.39, 0.29) is 11.2 Å². The zero-order chi connectivity index (χ0) is 13.3. The Hall–Kier alpha value is -1.61. The van der Waals surface area contributed by atoms with Gasteiger partial charge >= 0.3 is 0 Å². The van der Waals surface area contributed by atoms with Gasteiger partial charge in [0.15, 0.2) is 0 Å². The number of aromatic nitrogens is 1. The third kappa shape index (κ3) is 2.62. The third-order valence-corrected chi connectivity index (χ3v) is 2.94. The SMILES string of the molecule is CC(C)(C)c1ccc(-c2cc(C(=O)Cl)on2)cc1. The fourth-order valence-electron chi connectivity index (χ4n) is 1.64. The van der Waals surface area contributed by atoms with Crippen LogP contribution in [-0.4, -0.2) is 10.4 Å². The molecule has 3 nitrogen and oxygen atoms in total. The molecule has 0 amide bonds. The van der Waals surface area contributed by atoms with Crippen LogP contribution < -0.4 is 0 Å². The highest BCUT2D eigenvalue weighted by molar-refractivity contribution is 6.67. The lowest BCUT2D eigenvalue weighted by molar-refractivity contribution is 0.104. The van der Waals surface area contributed by atoms with Crippen LogP contribution in [-0.2, 0) is 5.41 Å². The Balaban J connectivity index is 2.31. The Bertz CT molecular complexity index is 564. The number of hydrogen-bond acceptors (Lipinski definition) is 3. The maximum absolute atomic E-state index is 10.9. The predicted molar refractivity (Wildman–Crippen MR) is 70.8 cm³/mol. The van der Waals surface area contributed by atoms with Crippen LogP contribution in [0, 0.1) is 0 Å². The average Bonchev–Trinajstić information content (AvgIpc) is 2.77. The number of rotatable bonds is 2. The summed E-state index contributed by atoms with van der Waals surface area (Å²) >= 11 is 5.32. The fraction of sp³-hybridized carbons (Fsp3) is 0.286. The predicted octanol–water partition coefficient (Wildman–Crippen LogP) is 4.02. The molecule has 18 heavy (non-hydrogen) atoms. The Morgan fingerprint density at radius 3 is 2.28 bits per heavy atom. The molecule has 4 heteroatoms. The van der Waals surface area contributed by atoms with E-state index in [0.717, 1.165) is 5.56 Å². The minimum Gasteiger partial charge on any atom is -0.351 e. The van der Waals surface area contributed by atoms with E-state index in [9.17, 15) is 4.79 Å². The quantitative estimate of drug-likeness (QED) is 0.769. The number of benzene rings is 1. The molecule has 0 atom stereocenters. The van der Waals surface area contributed by atoms with E-state index in [2.05, 4.69) is 25.9 Å². The van der Waals surface area contributed by atoms with Crippen LogP contribution in [0.5, 0.6) is 0 Å². The van der Waals surface area contributed by atoms with Crippen molar-refractivity contribution in [3.05, 3.63) is 41.7 Å². The molecular weight excluding hydrogens is 250 g/mol. The van der Waals surface area contributed by atoms with Gasteiger partial charge < -0.3 is 4.52 Å². The monoisotopic (exact) mass is 263 g/mol. The molecule has 0 spiro atoms. The molecule has 0 fully saturated rings. The zero-order valence-electron chi connectivity index (χ0n) is 10.5. The first-order valence-electron chi connectivity index (χ1n) is 5.65. The molecule has 0 aliphatic carbocycles. The van der Waals surface area contributed by atoms with Gasteiger partial charge in [0.25, 0.3) is 5.24 Å². The van der Waals surface area contributed by atoms with Gasteiger partial charge in [-0.25, -0.2) is 0 Å². The summed E-state index contributed by atoms with van der Waals surface area (Å²) in [6.07, 6.45) is 0. The molecule has 1 aromatic carbocycles. The van der Waals surface area contributed by atoms with E-state index in [1.54, 1.807) is 6.07 Å². The summed E-state index contributed by atoms with van der Waals surface area (Å²) in [5.41, 5.74) is 2.86. The van der Waals surface area contributed by atoms with E-state index in [0.29, 0.717) is 5.69 Å². The molecule has 0 saturated heterocycles. The summed E-state index contributed by atoms with van der Waals surface area (Å²) in [5.74, 6) is 0.0616. The first kappa shape index (κ1) is 12.8. The van der Waals surface area contributed by atoms with E-state index < -0.39 is 5.24 Å². The van der Waals surface area contributed by atoms with Crippen molar-refractivity contribution in [1.82, 2.24) is 5.16 Å². The van der Waals surface area contributed by atoms with Crippen molar-refractivity contribution in [2.45, 2.75) is 26.2 Å². The highest BCUT2D eigenvalue weighted by atomic mass is 35.5. The van der Waals surface area contributed by atoms with Gasteiger partial charge in [0.2, 0.25) is 5.76 Å². The molecule has 0 saturated carbocycles. The first-order valence-corrected chi connectivity index (χ1v) is 6.03. The molecule has 0 aliphatic rings. The van der Waals surface area contributed by atoms with Gasteiger partial charge in [0.1, 0.15) is 5.69 Å². The topological polar surface area (TPSA) is 43.1 Å². The Kier molecular flexibility index (Phi) is 3.26. The van der Waals surface area contributed by atoms with Crippen LogP contribution in [0.25, 0.3) is 11.3 Å². The molecule has 2 aromatic rings. The van der Waals surface area contributed by atoms with Gasteiger partial charge in [-0.15, -0.1) is 0 Å². The second-order valence-corrected chi connectivity index (χ2v) is 5.52. The summed E-state index contributed by atoms with van der Waals surface area (Å²) in [4.78, 5) is 10.9. The van der Waals surface area contributed by atoms with Gasteiger partial charge in [-0.3, -0.25) is 4.79 Å². The zero-order valence-corrected chi connectivity index (χ0v) is 11.3. The normalized spacial score (nSPS) is 11.6. The fourth-order valence-corrected chi connectivity index (χ4v) is 1.73. The largest absolute Gasteiger partial charge is 0.351 e. The molecule has 0 aliphatic heterocycles. The van der Waals surface area contributed by atoms with Crippen molar-refractivity contribution in [1.29, 1.82) is 0 Å². The standard InChI is InChI=1S/C14H14ClNO2/c1-14(2,3)10-6-4-9(5-7-10)11-8-12(13(15)17)18-16-11/h4-8H,1-3H3. The first-order chi connectivity index (χ1) is 8.38. The van der Waals surface area contributed by atoms with E-state index in [1.807, 2.05) is 24.3 Å². The van der Waals surface area contributed by atoms with Gasteiger partial charge in [0, 0.05) is 11.6 Å². The summed E-state index contributed by atoms with van der Waals surface area (Å²) in [6.45, 7) is 6.47. The van der Waals surface area contributed by atoms with Crippen LogP contribution >= 0.6 is 11.6 Å². The third-order valence-electron chi connectivity index (χ3n) is 2.75. The van der Waals surface area contributed by atoms with Crippen molar-refractivity contribution in [2.24, 2.45) is 0 Å². The minimum absolute atomic E-state index is 0.0616. The minimum atomic E-state index is -0.639. The lowest BCUT2D eigenvalue weighted by Crippen LogP contribution is -2.10. The second-order valence-electron chi connectivity index (χ2n) is 5.18. The summed E-state index contributed by atoms with van der Waals surface area (Å²) in [6, 6.07) is 9.56. The maximum atomic E-state index is 10.9. The van der Waals surface area contributed by atoms with Crippen molar-refractivity contribution in [2.75, 3.05) is 0 Å². The smallest absolute Gasteiger partial charge is 0.290 e. The Morgan fingerprint density at radius 2 is 1.83 bits per heavy atom. The molecule has 0 radical (unpaired) electrons. The molecule has 0 unspecified atom stereocenters. The van der Waals surface area contributed by atoms with E-state index >= 15 is 0 Å². The van der Waals surface area contributed by atoms with Crippen LogP contribution in [0.4, 0.5) is 0 Å². The molecule has 2 rings (SSSR count). The average molecular weight is 264 g/mol. The number of halogens is 1. The molecule has 1 heterocycles. The van der Waals surface area contributed by atoms with Crippen LogP contribution in [0.1, 0.15) is 36.9 Å². The van der Waals surface area contributed by atoms with Crippen LogP contribution in [0.15, 0.2) is 34.9 Å². The summed E-state index contributed by atoms with van der Waals surface area (Å²) in [5, 5.41) is 3.18. The molecule has 94 valence electrons. The van der Waals surface area contributed by atoms with Gasteiger partial charge in [-0.1, -0.05) is 50.2 Å². The molecular formula is C14H14ClNO2. The highest BCUT2D eigenvalue weighted by Crippen LogP contribution is 2.26. The van der Waals surface area contributed by atoms with Gasteiger partial charge in [-0.05, 0) is 22.6 Å². The van der Waals surface area contributed by atoms with Crippen LogP contribution in [0.2, 0.25) is 0 Å². The molecule has 0 N–H and O–H groups in total. The van der Waals surface area contributed by atoms with Crippen molar-refractivity contribution >= 4 is 16.8 Å². The number of nitrogens with zero attached hydrogens (tertiary/aromatic N) is 1. The number of carbonyl (C=O) groups is 1. The van der Waals surface area contributed by atoms with Gasteiger partial charge in [0.05, 0.1) is 0 Å². The number of hydrogen-bond donors (Lipinski definition) is 0. The van der Waals surface area contributed by atoms with Crippen molar-refractivity contribution in [3.63, 3.8) is 0 Å². The summed E-state index contributed by atoms with van der Waals surface area (Å²) in [7, 11) is 0. The maximum Gasteiger partial charge on any atom is 0.290 e. The van der Waals surface area contributed by atoms with E-state index in [4.69, 9.17) is 16.1 Å². The Morgan fingerprint density at radius 1 is 1.22 bits per heavy atom. The van der Waals surface area contributed by atoms with Crippen molar-refractivity contribution < 1.29 is 9.32 Å².